The van der Waals surface area contributed by atoms with Gasteiger partial charge in [-0.2, -0.15) is 5.26 Å². The first-order valence-corrected chi connectivity index (χ1v) is 9.99. The van der Waals surface area contributed by atoms with E-state index in [-0.39, 0.29) is 12.1 Å². The molecule has 0 radical (unpaired) electrons. The van der Waals surface area contributed by atoms with Crippen molar-refractivity contribution in [3.8, 4) is 6.07 Å². The zero-order chi connectivity index (χ0) is 19.4. The molecule has 0 unspecified atom stereocenters. The van der Waals surface area contributed by atoms with E-state index in [9.17, 15) is 10.1 Å². The van der Waals surface area contributed by atoms with Gasteiger partial charge in [0.2, 0.25) is 0 Å². The molecule has 0 fully saturated rings. The molecule has 1 aromatic rings. The highest BCUT2D eigenvalue weighted by molar-refractivity contribution is 8.02. The van der Waals surface area contributed by atoms with Gasteiger partial charge in [-0.3, -0.25) is 0 Å². The Hall–Kier alpha value is -2.19. The van der Waals surface area contributed by atoms with E-state index in [1.54, 1.807) is 0 Å². The second kappa shape index (κ2) is 8.46. The number of nitrogens with zero attached hydrogens (tertiary/aromatic N) is 1. The van der Waals surface area contributed by atoms with Crippen LogP contribution in [0.4, 0.5) is 0 Å². The number of rotatable bonds is 5. The first-order valence-electron chi connectivity index (χ1n) is 8.77. The molecule has 138 valence electrons. The van der Waals surface area contributed by atoms with Gasteiger partial charge < -0.3 is 10.1 Å². The zero-order valence-corrected chi connectivity index (χ0v) is 17.0. The molecule has 0 aromatic heterocycles. The molecule has 26 heavy (non-hydrogen) atoms. The first kappa shape index (κ1) is 20.1. The third-order valence-corrected chi connectivity index (χ3v) is 5.08. The summed E-state index contributed by atoms with van der Waals surface area (Å²) in [6.07, 6.45) is 1.70. The number of nitriles is 1. The summed E-state index contributed by atoms with van der Waals surface area (Å²) in [5.74, 6) is -0.375. The van der Waals surface area contributed by atoms with Gasteiger partial charge in [-0.15, -0.1) is 11.8 Å². The average Bonchev–Trinajstić information content (AvgIpc) is 2.59. The molecule has 1 aliphatic heterocycles. The number of thioether (sulfide) groups is 1. The van der Waals surface area contributed by atoms with Crippen molar-refractivity contribution in [1.29, 1.82) is 5.26 Å². The van der Waals surface area contributed by atoms with Crippen LogP contribution in [-0.2, 0) is 9.53 Å². The lowest BCUT2D eigenvalue weighted by atomic mass is 9.82. The Morgan fingerprint density at radius 1 is 1.23 bits per heavy atom. The van der Waals surface area contributed by atoms with Crippen LogP contribution in [-0.4, -0.2) is 18.3 Å². The number of dihydropyridines is 1. The van der Waals surface area contributed by atoms with E-state index in [1.807, 2.05) is 39.2 Å². The molecule has 1 N–H and O–H groups in total. The van der Waals surface area contributed by atoms with Gasteiger partial charge in [-0.1, -0.05) is 38.1 Å². The van der Waals surface area contributed by atoms with E-state index in [0.717, 1.165) is 16.3 Å². The second-order valence-corrected chi connectivity index (χ2v) is 7.75. The topological polar surface area (TPSA) is 62.1 Å². The van der Waals surface area contributed by atoms with Gasteiger partial charge in [0.1, 0.15) is 0 Å². The minimum absolute atomic E-state index is 0.219. The van der Waals surface area contributed by atoms with Gasteiger partial charge in [-0.25, -0.2) is 4.79 Å². The molecule has 0 saturated carbocycles. The highest BCUT2D eigenvalue weighted by Crippen LogP contribution is 2.40. The fourth-order valence-corrected chi connectivity index (χ4v) is 3.67. The molecule has 0 aliphatic carbocycles. The molecule has 0 saturated heterocycles. The summed E-state index contributed by atoms with van der Waals surface area (Å²) in [6.45, 7) is 9.79. The standard InChI is InChI=1S/C21H26N2O2S/c1-12(2)15-7-9-16(10-8-15)19-17(11-22)20(26-6)23-14(5)18(19)21(24)25-13(3)4/h7-10,12-13,19,23H,1-6H3/t19-/m1/s1. The quantitative estimate of drug-likeness (QED) is 0.753. The predicted octanol–water partition coefficient (Wildman–Crippen LogP) is 4.82. The van der Waals surface area contributed by atoms with E-state index in [0.29, 0.717) is 17.1 Å². The van der Waals surface area contributed by atoms with Gasteiger partial charge in [0, 0.05) is 5.70 Å². The molecule has 5 heteroatoms. The van der Waals surface area contributed by atoms with Crippen LogP contribution in [0.1, 0.15) is 57.6 Å². The Labute approximate surface area is 160 Å². The number of nitrogens with one attached hydrogen (secondary N) is 1. The Kier molecular flexibility index (Phi) is 6.55. The van der Waals surface area contributed by atoms with Crippen LogP contribution in [0.3, 0.4) is 0 Å². The molecule has 1 atom stereocenters. The monoisotopic (exact) mass is 370 g/mol. The summed E-state index contributed by atoms with van der Waals surface area (Å²) in [5, 5.41) is 13.8. The van der Waals surface area contributed by atoms with E-state index in [2.05, 4.69) is 37.4 Å². The number of carbonyl (C=O) groups is 1. The first-order chi connectivity index (χ1) is 12.3. The maximum absolute atomic E-state index is 12.8. The van der Waals surface area contributed by atoms with E-state index in [1.165, 1.54) is 17.3 Å². The van der Waals surface area contributed by atoms with E-state index >= 15 is 0 Å². The van der Waals surface area contributed by atoms with E-state index in [4.69, 9.17) is 4.74 Å². The van der Waals surface area contributed by atoms with Crippen LogP contribution in [0, 0.1) is 11.3 Å². The van der Waals surface area contributed by atoms with Crippen molar-refractivity contribution in [1.82, 2.24) is 5.32 Å². The third-order valence-electron chi connectivity index (χ3n) is 4.35. The molecule has 2 rings (SSSR count). The van der Waals surface area contributed by atoms with Crippen molar-refractivity contribution >= 4 is 17.7 Å². The van der Waals surface area contributed by atoms with Crippen molar-refractivity contribution in [2.75, 3.05) is 6.26 Å². The van der Waals surface area contributed by atoms with Crippen molar-refractivity contribution in [3.63, 3.8) is 0 Å². The summed E-state index contributed by atoms with van der Waals surface area (Å²) in [6, 6.07) is 10.5. The Morgan fingerprint density at radius 3 is 2.31 bits per heavy atom. The van der Waals surface area contributed by atoms with Crippen LogP contribution in [0.15, 0.2) is 46.1 Å². The predicted molar refractivity (Wildman–Crippen MR) is 106 cm³/mol. The van der Waals surface area contributed by atoms with Gasteiger partial charge in [0.15, 0.2) is 0 Å². The fourth-order valence-electron chi connectivity index (χ4n) is 3.03. The number of allylic oxidation sites excluding steroid dienone is 2. The molecule has 1 aliphatic rings. The molecule has 0 bridgehead atoms. The van der Waals surface area contributed by atoms with Gasteiger partial charge >= 0.3 is 5.97 Å². The van der Waals surface area contributed by atoms with Crippen LogP contribution in [0.2, 0.25) is 0 Å². The summed E-state index contributed by atoms with van der Waals surface area (Å²) < 4.78 is 5.46. The second-order valence-electron chi connectivity index (χ2n) is 6.93. The number of esters is 1. The average molecular weight is 371 g/mol. The molecule has 4 nitrogen and oxygen atoms in total. The highest BCUT2D eigenvalue weighted by Gasteiger charge is 2.35. The van der Waals surface area contributed by atoms with Crippen molar-refractivity contribution in [3.05, 3.63) is 57.3 Å². The smallest absolute Gasteiger partial charge is 0.337 e. The summed E-state index contributed by atoms with van der Waals surface area (Å²) in [5.41, 5.74) is 3.94. The number of hydrogen-bond donors (Lipinski definition) is 1. The number of hydrogen-bond acceptors (Lipinski definition) is 5. The summed E-state index contributed by atoms with van der Waals surface area (Å²) in [7, 11) is 0. The fraction of sp³-hybridized carbons (Fsp3) is 0.429. The Balaban J connectivity index is 2.58. The van der Waals surface area contributed by atoms with Gasteiger partial charge in [-0.05, 0) is 44.1 Å². The highest BCUT2D eigenvalue weighted by atomic mass is 32.2. The Bertz CT molecular complexity index is 783. The van der Waals surface area contributed by atoms with Crippen molar-refractivity contribution in [2.45, 2.75) is 52.6 Å². The zero-order valence-electron chi connectivity index (χ0n) is 16.2. The number of ether oxygens (including phenoxy) is 1. The minimum Gasteiger partial charge on any atom is -0.460 e. The van der Waals surface area contributed by atoms with Crippen molar-refractivity contribution < 1.29 is 9.53 Å². The van der Waals surface area contributed by atoms with Crippen LogP contribution in [0.5, 0.6) is 0 Å². The summed E-state index contributed by atoms with van der Waals surface area (Å²) >= 11 is 1.48. The van der Waals surface area contributed by atoms with Crippen LogP contribution in [0.25, 0.3) is 0 Å². The number of benzene rings is 1. The van der Waals surface area contributed by atoms with Gasteiger partial charge in [0.25, 0.3) is 0 Å². The van der Waals surface area contributed by atoms with Crippen molar-refractivity contribution in [2.24, 2.45) is 0 Å². The maximum atomic E-state index is 12.8. The third kappa shape index (κ3) is 4.13. The maximum Gasteiger partial charge on any atom is 0.337 e. The van der Waals surface area contributed by atoms with Crippen LogP contribution < -0.4 is 5.32 Å². The molecule has 1 heterocycles. The van der Waals surface area contributed by atoms with E-state index < -0.39 is 5.92 Å². The Morgan fingerprint density at radius 2 is 1.85 bits per heavy atom. The lowest BCUT2D eigenvalue weighted by Gasteiger charge is -2.29. The molecular formula is C21H26N2O2S. The van der Waals surface area contributed by atoms with Crippen LogP contribution >= 0.6 is 11.8 Å². The minimum atomic E-state index is -0.420. The largest absolute Gasteiger partial charge is 0.460 e. The number of carbonyl (C=O) groups excluding carboxylic acids is 1. The SMILES string of the molecule is CSC1=C(C#N)[C@@H](c2ccc(C(C)C)cc2)C(C(=O)OC(C)C)=C(C)N1. The van der Waals surface area contributed by atoms with Gasteiger partial charge in [0.05, 0.1) is 34.3 Å². The summed E-state index contributed by atoms with van der Waals surface area (Å²) in [4.78, 5) is 12.8. The molecule has 1 aromatic carbocycles. The lowest BCUT2D eigenvalue weighted by molar-refractivity contribution is -0.143. The normalized spacial score (nSPS) is 17.4. The lowest BCUT2D eigenvalue weighted by Crippen LogP contribution is -2.29. The molecule has 0 spiro atoms. The molecule has 0 amide bonds. The molecular weight excluding hydrogens is 344 g/mol.